The predicted molar refractivity (Wildman–Crippen MR) is 77.1 cm³/mol. The van der Waals surface area contributed by atoms with E-state index in [1.807, 2.05) is 0 Å². The molecule has 0 radical (unpaired) electrons. The monoisotopic (exact) mass is 266 g/mol. The summed E-state index contributed by atoms with van der Waals surface area (Å²) in [6.45, 7) is 3.15. The highest BCUT2D eigenvalue weighted by Gasteiger charge is 2.47. The number of rotatable bonds is 3. The van der Waals surface area contributed by atoms with Gasteiger partial charge in [-0.2, -0.15) is 0 Å². The number of ether oxygens (including phenoxy) is 1. The quantitative estimate of drug-likeness (QED) is 0.835. The number of hydrogen-bond acceptors (Lipinski definition) is 2. The van der Waals surface area contributed by atoms with Crippen LogP contribution in [0.4, 0.5) is 0 Å². The van der Waals surface area contributed by atoms with Crippen LogP contribution in [0.1, 0.15) is 77.6 Å². The van der Waals surface area contributed by atoms with Gasteiger partial charge >= 0.3 is 0 Å². The molecule has 3 fully saturated rings. The predicted octanol–water partition coefficient (Wildman–Crippen LogP) is 4.06. The number of hydrogen-bond donors (Lipinski definition) is 1. The lowest BCUT2D eigenvalue weighted by molar-refractivity contribution is -0.132. The second-order valence-corrected chi connectivity index (χ2v) is 7.36. The van der Waals surface area contributed by atoms with Gasteiger partial charge in [-0.3, -0.25) is 0 Å². The van der Waals surface area contributed by atoms with Crippen LogP contribution in [-0.2, 0) is 4.74 Å². The molecule has 3 rings (SSSR count). The maximum Gasteiger partial charge on any atom is 0.0686 e. The van der Waals surface area contributed by atoms with Gasteiger partial charge in [0.1, 0.15) is 0 Å². The molecule has 0 aromatic heterocycles. The van der Waals surface area contributed by atoms with Crippen molar-refractivity contribution < 1.29 is 9.84 Å². The van der Waals surface area contributed by atoms with Crippen LogP contribution in [0.15, 0.2) is 0 Å². The minimum atomic E-state index is -0.0821. The maximum atomic E-state index is 11.0. The molecule has 2 nitrogen and oxygen atoms in total. The molecule has 0 bridgehead atoms. The van der Waals surface area contributed by atoms with E-state index in [1.165, 1.54) is 51.4 Å². The van der Waals surface area contributed by atoms with E-state index in [-0.39, 0.29) is 17.1 Å². The zero-order valence-corrected chi connectivity index (χ0v) is 12.5. The first-order chi connectivity index (χ1) is 9.20. The molecule has 3 aliphatic rings. The summed E-state index contributed by atoms with van der Waals surface area (Å²) in [7, 11) is 0. The lowest BCUT2D eigenvalue weighted by atomic mass is 9.69. The van der Waals surface area contributed by atoms with Crippen LogP contribution < -0.4 is 0 Å². The van der Waals surface area contributed by atoms with E-state index in [4.69, 9.17) is 4.74 Å². The summed E-state index contributed by atoms with van der Waals surface area (Å²) in [6, 6.07) is 0. The van der Waals surface area contributed by atoms with Gasteiger partial charge in [0.2, 0.25) is 0 Å². The molecular formula is C17H30O2. The van der Waals surface area contributed by atoms with Crippen LogP contribution in [0, 0.1) is 11.3 Å². The second kappa shape index (κ2) is 5.37. The van der Waals surface area contributed by atoms with Gasteiger partial charge in [-0.25, -0.2) is 0 Å². The maximum absolute atomic E-state index is 11.0. The number of aliphatic hydroxyl groups excluding tert-OH is 1. The zero-order valence-electron chi connectivity index (χ0n) is 12.5. The van der Waals surface area contributed by atoms with Crippen LogP contribution >= 0.6 is 0 Å². The van der Waals surface area contributed by atoms with Gasteiger partial charge < -0.3 is 9.84 Å². The van der Waals surface area contributed by atoms with Crippen molar-refractivity contribution in [2.75, 3.05) is 6.61 Å². The average molecular weight is 266 g/mol. The first-order valence-corrected chi connectivity index (χ1v) is 8.52. The standard InChI is InChI=1S/C17H30O2/c1-2-16(8-3-4-9-16)15(18)14-7-12-19-17(13-14)10-5-6-11-17/h14-15,18H,2-13H2,1H3. The molecule has 1 heterocycles. The van der Waals surface area contributed by atoms with Crippen LogP contribution in [-0.4, -0.2) is 23.4 Å². The summed E-state index contributed by atoms with van der Waals surface area (Å²) in [4.78, 5) is 0. The largest absolute Gasteiger partial charge is 0.392 e. The highest BCUT2D eigenvalue weighted by molar-refractivity contribution is 4.98. The fourth-order valence-corrected chi connectivity index (χ4v) is 5.14. The van der Waals surface area contributed by atoms with E-state index in [2.05, 4.69) is 6.92 Å². The molecule has 2 saturated carbocycles. The Hall–Kier alpha value is -0.0800. The van der Waals surface area contributed by atoms with E-state index in [9.17, 15) is 5.11 Å². The summed E-state index contributed by atoms with van der Waals surface area (Å²) < 4.78 is 6.12. The molecule has 1 spiro atoms. The molecule has 110 valence electrons. The number of aliphatic hydroxyl groups is 1. The van der Waals surface area contributed by atoms with E-state index in [0.717, 1.165) is 25.9 Å². The average Bonchev–Trinajstić information content (AvgIpc) is 3.08. The van der Waals surface area contributed by atoms with Crippen LogP contribution in [0.2, 0.25) is 0 Å². The smallest absolute Gasteiger partial charge is 0.0686 e. The molecule has 2 unspecified atom stereocenters. The summed E-state index contributed by atoms with van der Waals surface area (Å²) in [5.74, 6) is 0.491. The molecule has 1 aliphatic heterocycles. The minimum Gasteiger partial charge on any atom is -0.392 e. The van der Waals surface area contributed by atoms with Gasteiger partial charge in [-0.1, -0.05) is 32.6 Å². The molecule has 2 aliphatic carbocycles. The normalized spacial score (nSPS) is 34.7. The van der Waals surface area contributed by atoms with E-state index in [0.29, 0.717) is 5.92 Å². The zero-order chi connectivity index (χ0) is 13.3. The lowest BCUT2D eigenvalue weighted by Crippen LogP contribution is -2.46. The molecule has 1 N–H and O–H groups in total. The third kappa shape index (κ3) is 2.47. The molecule has 0 aromatic carbocycles. The van der Waals surface area contributed by atoms with Gasteiger partial charge in [0.25, 0.3) is 0 Å². The summed E-state index contributed by atoms with van der Waals surface area (Å²) in [5, 5.41) is 11.0. The first kappa shape index (κ1) is 13.9. The second-order valence-electron chi connectivity index (χ2n) is 7.36. The summed E-state index contributed by atoms with van der Waals surface area (Å²) in [6.07, 6.45) is 13.5. The van der Waals surface area contributed by atoms with E-state index < -0.39 is 0 Å². The highest BCUT2D eigenvalue weighted by atomic mass is 16.5. The molecule has 0 amide bonds. The van der Waals surface area contributed by atoms with Crippen LogP contribution in [0.25, 0.3) is 0 Å². The fraction of sp³-hybridized carbons (Fsp3) is 1.00. The van der Waals surface area contributed by atoms with Crippen LogP contribution in [0.3, 0.4) is 0 Å². The third-order valence-electron chi connectivity index (χ3n) is 6.42. The SMILES string of the molecule is CCC1(C(O)C2CCOC3(CCCC3)C2)CCCC1. The first-order valence-electron chi connectivity index (χ1n) is 8.52. The lowest BCUT2D eigenvalue weighted by Gasteiger charge is -2.45. The molecule has 19 heavy (non-hydrogen) atoms. The molecule has 1 saturated heterocycles. The Morgan fingerprint density at radius 2 is 1.74 bits per heavy atom. The van der Waals surface area contributed by atoms with Crippen molar-refractivity contribution in [3.63, 3.8) is 0 Å². The Morgan fingerprint density at radius 1 is 1.11 bits per heavy atom. The van der Waals surface area contributed by atoms with Gasteiger partial charge in [0.05, 0.1) is 11.7 Å². The van der Waals surface area contributed by atoms with Crippen molar-refractivity contribution >= 4 is 0 Å². The van der Waals surface area contributed by atoms with Gasteiger partial charge in [0.15, 0.2) is 0 Å². The highest BCUT2D eigenvalue weighted by Crippen LogP contribution is 2.50. The van der Waals surface area contributed by atoms with E-state index in [1.54, 1.807) is 0 Å². The van der Waals surface area contributed by atoms with Crippen molar-refractivity contribution in [2.45, 2.75) is 89.3 Å². The molecule has 2 heteroatoms. The van der Waals surface area contributed by atoms with Crippen molar-refractivity contribution in [3.8, 4) is 0 Å². The Balaban J connectivity index is 1.70. The third-order valence-corrected chi connectivity index (χ3v) is 6.42. The van der Waals surface area contributed by atoms with Crippen molar-refractivity contribution in [1.82, 2.24) is 0 Å². The Kier molecular flexibility index (Phi) is 3.92. The van der Waals surface area contributed by atoms with Crippen LogP contribution in [0.5, 0.6) is 0 Å². The topological polar surface area (TPSA) is 29.5 Å². The Morgan fingerprint density at radius 3 is 2.37 bits per heavy atom. The Labute approximate surface area is 117 Å². The van der Waals surface area contributed by atoms with Crippen molar-refractivity contribution in [3.05, 3.63) is 0 Å². The van der Waals surface area contributed by atoms with Crippen molar-refractivity contribution in [1.29, 1.82) is 0 Å². The molecule has 0 aromatic rings. The van der Waals surface area contributed by atoms with Gasteiger partial charge in [0, 0.05) is 6.61 Å². The molecule has 2 atom stereocenters. The van der Waals surface area contributed by atoms with Gasteiger partial charge in [-0.05, 0) is 56.3 Å². The van der Waals surface area contributed by atoms with Gasteiger partial charge in [-0.15, -0.1) is 0 Å². The fourth-order valence-electron chi connectivity index (χ4n) is 5.14. The minimum absolute atomic E-state index is 0.0821. The summed E-state index contributed by atoms with van der Waals surface area (Å²) in [5.41, 5.74) is 0.388. The Bertz CT molecular complexity index is 300. The van der Waals surface area contributed by atoms with Crippen molar-refractivity contribution in [2.24, 2.45) is 11.3 Å². The summed E-state index contributed by atoms with van der Waals surface area (Å²) >= 11 is 0. The van der Waals surface area contributed by atoms with E-state index >= 15 is 0 Å². The molecular weight excluding hydrogens is 236 g/mol.